The van der Waals surface area contributed by atoms with Gasteiger partial charge < -0.3 is 15.0 Å². The molecule has 0 saturated heterocycles. The van der Waals surface area contributed by atoms with E-state index in [0.29, 0.717) is 15.7 Å². The number of rotatable bonds is 7. The molecule has 0 aromatic heterocycles. The lowest BCUT2D eigenvalue weighted by molar-refractivity contribution is -0.133. The highest BCUT2D eigenvalue weighted by atomic mass is 35.5. The van der Waals surface area contributed by atoms with Gasteiger partial charge in [0.2, 0.25) is 11.8 Å². The van der Waals surface area contributed by atoms with E-state index in [2.05, 4.69) is 5.32 Å². The number of benzene rings is 2. The highest BCUT2D eigenvalue weighted by molar-refractivity contribution is 6.42. The maximum absolute atomic E-state index is 12.2. The number of hydrogen-bond acceptors (Lipinski definition) is 3. The van der Waals surface area contributed by atoms with Crippen LogP contribution in [0.15, 0.2) is 36.4 Å². The molecule has 0 bridgehead atoms. The van der Waals surface area contributed by atoms with Gasteiger partial charge in [-0.15, -0.1) is 0 Å². The van der Waals surface area contributed by atoms with Crippen LogP contribution >= 0.6 is 23.2 Å². The molecule has 0 atom stereocenters. The van der Waals surface area contributed by atoms with Crippen molar-refractivity contribution in [1.82, 2.24) is 4.90 Å². The second-order valence-electron chi connectivity index (χ2n) is 6.29. The summed E-state index contributed by atoms with van der Waals surface area (Å²) in [5.74, 6) is 0.270. The van der Waals surface area contributed by atoms with Crippen LogP contribution in [0.2, 0.25) is 10.0 Å². The largest absolute Gasteiger partial charge is 0.493 e. The van der Waals surface area contributed by atoms with Gasteiger partial charge in [-0.1, -0.05) is 35.3 Å². The molecule has 0 aliphatic carbocycles. The fraction of sp³-hybridized carbons (Fsp3) is 0.300. The molecule has 0 spiro atoms. The second kappa shape index (κ2) is 9.62. The van der Waals surface area contributed by atoms with Crippen LogP contribution in [0, 0.1) is 13.8 Å². The van der Waals surface area contributed by atoms with Crippen molar-refractivity contribution in [2.75, 3.05) is 25.5 Å². The minimum atomic E-state index is -0.320. The first kappa shape index (κ1) is 21.1. The summed E-state index contributed by atoms with van der Waals surface area (Å²) in [7, 11) is 1.58. The summed E-state index contributed by atoms with van der Waals surface area (Å²) in [6, 6.07) is 10.7. The summed E-state index contributed by atoms with van der Waals surface area (Å²) >= 11 is 11.8. The monoisotopic (exact) mass is 408 g/mol. The number of halogens is 2. The SMILES string of the molecule is Cc1ccc(C)c(OCCC(=O)N(C)CC(=O)Nc2ccc(Cl)c(Cl)c2)c1. The number of likely N-dealkylation sites (N-methyl/N-ethyl adjacent to an activating group) is 1. The van der Waals surface area contributed by atoms with Gasteiger partial charge in [0.15, 0.2) is 0 Å². The second-order valence-corrected chi connectivity index (χ2v) is 7.11. The Bertz CT molecular complexity index is 840. The number of carbonyl (C=O) groups excluding carboxylic acids is 2. The van der Waals surface area contributed by atoms with Gasteiger partial charge in [0.1, 0.15) is 5.75 Å². The molecule has 1 N–H and O–H groups in total. The Morgan fingerprint density at radius 2 is 1.81 bits per heavy atom. The van der Waals surface area contributed by atoms with Crippen molar-refractivity contribution >= 4 is 40.7 Å². The van der Waals surface area contributed by atoms with Gasteiger partial charge >= 0.3 is 0 Å². The van der Waals surface area contributed by atoms with E-state index in [1.54, 1.807) is 25.2 Å². The van der Waals surface area contributed by atoms with E-state index >= 15 is 0 Å². The van der Waals surface area contributed by atoms with Crippen molar-refractivity contribution in [3.63, 3.8) is 0 Å². The van der Waals surface area contributed by atoms with Crippen molar-refractivity contribution in [3.8, 4) is 5.75 Å². The topological polar surface area (TPSA) is 58.6 Å². The average Bonchev–Trinajstić information content (AvgIpc) is 2.61. The van der Waals surface area contributed by atoms with Gasteiger partial charge in [0.25, 0.3) is 0 Å². The molecular weight excluding hydrogens is 387 g/mol. The first-order chi connectivity index (χ1) is 12.8. The van der Waals surface area contributed by atoms with E-state index in [1.165, 1.54) is 4.90 Å². The molecule has 5 nitrogen and oxygen atoms in total. The first-order valence-electron chi connectivity index (χ1n) is 8.45. The highest BCUT2D eigenvalue weighted by Crippen LogP contribution is 2.25. The number of anilines is 1. The third-order valence-electron chi connectivity index (χ3n) is 3.93. The van der Waals surface area contributed by atoms with E-state index in [0.717, 1.165) is 16.9 Å². The Morgan fingerprint density at radius 3 is 2.52 bits per heavy atom. The van der Waals surface area contributed by atoms with Crippen LogP contribution in [0.1, 0.15) is 17.5 Å². The van der Waals surface area contributed by atoms with Crippen LogP contribution in [0.3, 0.4) is 0 Å². The van der Waals surface area contributed by atoms with E-state index in [4.69, 9.17) is 27.9 Å². The number of carbonyl (C=O) groups is 2. The molecule has 7 heteroatoms. The summed E-state index contributed by atoms with van der Waals surface area (Å²) in [5.41, 5.74) is 2.63. The maximum Gasteiger partial charge on any atom is 0.243 e. The zero-order valence-electron chi connectivity index (χ0n) is 15.5. The number of nitrogens with zero attached hydrogens (tertiary/aromatic N) is 1. The fourth-order valence-electron chi connectivity index (χ4n) is 2.38. The normalized spacial score (nSPS) is 10.4. The highest BCUT2D eigenvalue weighted by Gasteiger charge is 2.14. The molecule has 0 heterocycles. The van der Waals surface area contributed by atoms with Crippen LogP contribution in [0.5, 0.6) is 5.75 Å². The van der Waals surface area contributed by atoms with Crippen molar-refractivity contribution in [2.24, 2.45) is 0 Å². The Balaban J connectivity index is 1.79. The third-order valence-corrected chi connectivity index (χ3v) is 4.67. The molecule has 0 aliphatic heterocycles. The number of nitrogens with one attached hydrogen (secondary N) is 1. The predicted molar refractivity (Wildman–Crippen MR) is 109 cm³/mol. The summed E-state index contributed by atoms with van der Waals surface area (Å²) in [6.07, 6.45) is 0.184. The molecule has 2 aromatic rings. The van der Waals surface area contributed by atoms with Crippen LogP contribution < -0.4 is 10.1 Å². The van der Waals surface area contributed by atoms with Crippen molar-refractivity contribution in [2.45, 2.75) is 20.3 Å². The molecular formula is C20H22Cl2N2O3. The smallest absolute Gasteiger partial charge is 0.243 e. The molecule has 2 rings (SSSR count). The van der Waals surface area contributed by atoms with Gasteiger partial charge in [0.05, 0.1) is 29.6 Å². The summed E-state index contributed by atoms with van der Waals surface area (Å²) < 4.78 is 5.69. The Labute approximate surface area is 169 Å². The van der Waals surface area contributed by atoms with Gasteiger partial charge in [-0.3, -0.25) is 9.59 Å². The van der Waals surface area contributed by atoms with Crippen LogP contribution in [-0.2, 0) is 9.59 Å². The van der Waals surface area contributed by atoms with Crippen LogP contribution in [0.25, 0.3) is 0 Å². The predicted octanol–water partition coefficient (Wildman–Crippen LogP) is 4.48. The van der Waals surface area contributed by atoms with Crippen LogP contribution in [-0.4, -0.2) is 36.9 Å². The molecule has 2 aromatic carbocycles. The standard InChI is InChI=1S/C20H22Cl2N2O3/c1-13-4-5-14(2)18(10-13)27-9-8-20(26)24(3)12-19(25)23-15-6-7-16(21)17(22)11-15/h4-7,10-11H,8-9,12H2,1-3H3,(H,23,25). The zero-order chi connectivity index (χ0) is 20.0. The Morgan fingerprint density at radius 1 is 1.07 bits per heavy atom. The Hall–Kier alpha value is -2.24. The molecule has 0 saturated carbocycles. The van der Waals surface area contributed by atoms with Gasteiger partial charge in [-0.05, 0) is 49.2 Å². The molecule has 0 radical (unpaired) electrons. The number of amides is 2. The van der Waals surface area contributed by atoms with Gasteiger partial charge in [-0.25, -0.2) is 0 Å². The molecule has 0 aliphatic rings. The molecule has 27 heavy (non-hydrogen) atoms. The van der Waals surface area contributed by atoms with Crippen LogP contribution in [0.4, 0.5) is 5.69 Å². The zero-order valence-corrected chi connectivity index (χ0v) is 17.0. The van der Waals surface area contributed by atoms with Crippen molar-refractivity contribution in [1.29, 1.82) is 0 Å². The summed E-state index contributed by atoms with van der Waals surface area (Å²) in [6.45, 7) is 4.12. The third kappa shape index (κ3) is 6.45. The van der Waals surface area contributed by atoms with E-state index in [1.807, 2.05) is 32.0 Å². The first-order valence-corrected chi connectivity index (χ1v) is 9.21. The lowest BCUT2D eigenvalue weighted by atomic mass is 10.1. The summed E-state index contributed by atoms with van der Waals surface area (Å²) in [5, 5.41) is 3.44. The Kier molecular flexibility index (Phi) is 7.51. The van der Waals surface area contributed by atoms with E-state index in [9.17, 15) is 9.59 Å². The quantitative estimate of drug-likeness (QED) is 0.734. The number of ether oxygens (including phenoxy) is 1. The number of hydrogen-bond donors (Lipinski definition) is 1. The van der Waals surface area contributed by atoms with Crippen molar-refractivity contribution in [3.05, 3.63) is 57.6 Å². The molecule has 2 amide bonds. The lowest BCUT2D eigenvalue weighted by Crippen LogP contribution is -2.35. The molecule has 0 fully saturated rings. The fourth-order valence-corrected chi connectivity index (χ4v) is 2.68. The maximum atomic E-state index is 12.2. The minimum absolute atomic E-state index is 0.0669. The average molecular weight is 409 g/mol. The molecule has 0 unspecified atom stereocenters. The minimum Gasteiger partial charge on any atom is -0.493 e. The molecule has 144 valence electrons. The summed E-state index contributed by atoms with van der Waals surface area (Å²) in [4.78, 5) is 25.6. The van der Waals surface area contributed by atoms with E-state index in [-0.39, 0.29) is 31.4 Å². The van der Waals surface area contributed by atoms with Crippen molar-refractivity contribution < 1.29 is 14.3 Å². The van der Waals surface area contributed by atoms with E-state index < -0.39 is 0 Å². The number of aryl methyl sites for hydroxylation is 2. The van der Waals surface area contributed by atoms with Gasteiger partial charge in [-0.2, -0.15) is 0 Å². The van der Waals surface area contributed by atoms with Gasteiger partial charge in [0, 0.05) is 12.7 Å². The lowest BCUT2D eigenvalue weighted by Gasteiger charge is -2.17.